The summed E-state index contributed by atoms with van der Waals surface area (Å²) in [6.07, 6.45) is 6.62. The first kappa shape index (κ1) is 32.0. The van der Waals surface area contributed by atoms with E-state index in [-0.39, 0.29) is 46.8 Å². The largest absolute Gasteiger partial charge is 0.494 e. The molecule has 0 unspecified atom stereocenters. The highest BCUT2D eigenvalue weighted by Crippen LogP contribution is 2.68. The highest BCUT2D eigenvalue weighted by Gasteiger charge is 2.68. The minimum atomic E-state index is -1.37. The lowest BCUT2D eigenvalue weighted by Gasteiger charge is -2.62. The number of hydrogen-bond donors (Lipinski definition) is 2. The minimum Gasteiger partial charge on any atom is -0.479 e. The molecule has 44 heavy (non-hydrogen) atoms. The topological polar surface area (TPSA) is 106 Å². The Morgan fingerprint density at radius 3 is 2.68 bits per heavy atom. The van der Waals surface area contributed by atoms with Crippen molar-refractivity contribution < 1.29 is 38.2 Å². The van der Waals surface area contributed by atoms with Crippen molar-refractivity contribution in [2.24, 2.45) is 34.0 Å². The fourth-order valence-corrected chi connectivity index (χ4v) is 9.90. The number of aliphatic hydroxyl groups excluding tert-OH is 1. The van der Waals surface area contributed by atoms with Crippen LogP contribution in [0.25, 0.3) is 0 Å². The Bertz CT molecular complexity index is 1270. The molecule has 1 aromatic rings. The maximum absolute atomic E-state index is 15.1. The Morgan fingerprint density at radius 1 is 1.18 bits per heavy atom. The Kier molecular flexibility index (Phi) is 8.70. The second-order valence-corrected chi connectivity index (χ2v) is 15.1. The van der Waals surface area contributed by atoms with Gasteiger partial charge in [-0.3, -0.25) is 4.79 Å². The van der Waals surface area contributed by atoms with Crippen molar-refractivity contribution >= 4 is 24.3 Å². The number of esters is 1. The molecule has 4 fully saturated rings. The third-order valence-corrected chi connectivity index (χ3v) is 12.8. The van der Waals surface area contributed by atoms with Crippen LogP contribution in [0.5, 0.6) is 5.75 Å². The number of ketones is 1. The van der Waals surface area contributed by atoms with Crippen LogP contribution in [0.2, 0.25) is 0 Å². The second-order valence-electron chi connectivity index (χ2n) is 15.1. The van der Waals surface area contributed by atoms with E-state index in [0.717, 1.165) is 45.3 Å². The fraction of sp³-hybridized carbons (Fsp3) is 0.765. The Labute approximate surface area is 261 Å². The SMILES string of the molecule is C[C@@H]1CC[C@@]23CCC(=O)[C@H]2[C@]1(C)[C@H](OC(=O)COc1ccc2c(c1F)B(O)OC2)C[C@@](C)(CCN1CCCCC1)[C@@H](O)[C@@H]3C. The highest BCUT2D eigenvalue weighted by molar-refractivity contribution is 6.61. The van der Waals surface area contributed by atoms with Gasteiger partial charge in [0.2, 0.25) is 0 Å². The molecule has 1 aromatic carbocycles. The van der Waals surface area contributed by atoms with Crippen molar-refractivity contribution in [3.8, 4) is 5.75 Å². The predicted molar refractivity (Wildman–Crippen MR) is 164 cm³/mol. The molecule has 0 amide bonds. The lowest BCUT2D eigenvalue weighted by Crippen LogP contribution is -2.63. The van der Waals surface area contributed by atoms with Crippen LogP contribution in [0.4, 0.5) is 4.39 Å². The number of piperidine rings is 1. The average molecular weight is 614 g/mol. The van der Waals surface area contributed by atoms with Crippen LogP contribution >= 0.6 is 0 Å². The normalized spacial score (nSPS) is 38.9. The number of nitrogens with zero attached hydrogens (tertiary/aromatic N) is 1. The molecule has 242 valence electrons. The van der Waals surface area contributed by atoms with E-state index in [1.54, 1.807) is 6.07 Å². The van der Waals surface area contributed by atoms with Crippen LogP contribution in [0, 0.1) is 39.8 Å². The molecule has 3 aliphatic carbocycles. The summed E-state index contributed by atoms with van der Waals surface area (Å²) in [4.78, 5) is 29.8. The molecule has 6 rings (SSSR count). The van der Waals surface area contributed by atoms with E-state index in [0.29, 0.717) is 18.4 Å². The van der Waals surface area contributed by atoms with E-state index in [1.807, 2.05) is 0 Å². The Morgan fingerprint density at radius 2 is 1.93 bits per heavy atom. The van der Waals surface area contributed by atoms with E-state index in [2.05, 4.69) is 32.6 Å². The number of halogens is 1. The second kappa shape index (κ2) is 12.0. The smallest absolute Gasteiger partial charge is 0.479 e. The van der Waals surface area contributed by atoms with E-state index >= 15 is 4.39 Å². The molecule has 1 saturated heterocycles. The number of hydrogen-bond acceptors (Lipinski definition) is 8. The quantitative estimate of drug-likeness (QED) is 0.351. The van der Waals surface area contributed by atoms with Crippen LogP contribution in [0.3, 0.4) is 0 Å². The van der Waals surface area contributed by atoms with Gasteiger partial charge in [0.15, 0.2) is 18.2 Å². The third-order valence-electron chi connectivity index (χ3n) is 12.8. The number of benzene rings is 1. The van der Waals surface area contributed by atoms with Gasteiger partial charge in [-0.15, -0.1) is 0 Å². The van der Waals surface area contributed by atoms with Crippen LogP contribution in [-0.2, 0) is 25.6 Å². The predicted octanol–water partition coefficient (Wildman–Crippen LogP) is 4.02. The number of aliphatic hydroxyl groups is 1. The molecule has 2 heterocycles. The third kappa shape index (κ3) is 5.21. The zero-order valence-electron chi connectivity index (χ0n) is 26.8. The number of Topliss-reactive ketones (excluding diaryl/α,β-unsaturated/α-hetero) is 1. The standard InChI is InChI=1S/C34H49BFNO7/c1-21-10-12-34-13-11-24(38)30(34)33(21,4)26(18-32(3,31(40)22(34)2)14-17-37-15-6-5-7-16-37)44-27(39)20-42-25-9-8-23-19-43-35(41)28(23)29(25)36/h8-9,21-22,26,30-31,40-41H,5-7,10-20H2,1-4H3/t21-,22+,26-,30+,31+,32-,33+,34+/m1/s1. The Balaban J connectivity index is 1.29. The van der Waals surface area contributed by atoms with E-state index in [4.69, 9.17) is 14.1 Å². The lowest BCUT2D eigenvalue weighted by molar-refractivity contribution is -0.213. The molecule has 0 spiro atoms. The first-order valence-corrected chi connectivity index (χ1v) is 16.8. The number of carbonyl (C=O) groups excluding carboxylic acids is 2. The summed E-state index contributed by atoms with van der Waals surface area (Å²) in [7, 11) is -1.37. The van der Waals surface area contributed by atoms with Gasteiger partial charge in [-0.2, -0.15) is 0 Å². The molecule has 8 nitrogen and oxygen atoms in total. The van der Waals surface area contributed by atoms with Crippen LogP contribution in [0.1, 0.15) is 91.0 Å². The summed E-state index contributed by atoms with van der Waals surface area (Å²) >= 11 is 0. The number of likely N-dealkylation sites (tertiary alicyclic amines) is 1. The van der Waals surface area contributed by atoms with Crippen molar-refractivity contribution in [2.75, 3.05) is 26.2 Å². The van der Waals surface area contributed by atoms with Gasteiger partial charge >= 0.3 is 13.1 Å². The molecule has 10 heteroatoms. The molecule has 5 aliphatic rings. The first-order chi connectivity index (χ1) is 20.9. The molecule has 2 N–H and O–H groups in total. The summed E-state index contributed by atoms with van der Waals surface area (Å²) in [6, 6.07) is 3.06. The summed E-state index contributed by atoms with van der Waals surface area (Å²) in [6.45, 7) is 11.2. The van der Waals surface area contributed by atoms with Gasteiger partial charge in [-0.05, 0) is 98.9 Å². The van der Waals surface area contributed by atoms with Crippen molar-refractivity contribution in [1.82, 2.24) is 4.90 Å². The molecular weight excluding hydrogens is 564 g/mol. The van der Waals surface area contributed by atoms with Crippen molar-refractivity contribution in [3.63, 3.8) is 0 Å². The lowest BCUT2D eigenvalue weighted by atomic mass is 9.43. The number of ether oxygens (including phenoxy) is 2. The van der Waals surface area contributed by atoms with Gasteiger partial charge < -0.3 is 29.2 Å². The molecule has 2 aliphatic heterocycles. The van der Waals surface area contributed by atoms with Gasteiger partial charge in [0, 0.05) is 23.2 Å². The van der Waals surface area contributed by atoms with Gasteiger partial charge in [-0.1, -0.05) is 40.2 Å². The zero-order chi connectivity index (χ0) is 31.4. The molecule has 3 saturated carbocycles. The Hall–Kier alpha value is -2.01. The first-order valence-electron chi connectivity index (χ1n) is 16.8. The molecular formula is C34H49BFNO7. The van der Waals surface area contributed by atoms with Crippen molar-refractivity contribution in [3.05, 3.63) is 23.5 Å². The van der Waals surface area contributed by atoms with Gasteiger partial charge in [0.05, 0.1) is 12.7 Å². The maximum Gasteiger partial charge on any atom is 0.494 e. The van der Waals surface area contributed by atoms with E-state index in [1.165, 1.54) is 25.3 Å². The van der Waals surface area contributed by atoms with Crippen LogP contribution in [-0.4, -0.2) is 72.4 Å². The summed E-state index contributed by atoms with van der Waals surface area (Å²) < 4.78 is 32.2. The monoisotopic (exact) mass is 613 g/mol. The molecule has 8 atom stereocenters. The fourth-order valence-electron chi connectivity index (χ4n) is 9.90. The van der Waals surface area contributed by atoms with Gasteiger partial charge in [0.1, 0.15) is 11.9 Å². The summed E-state index contributed by atoms with van der Waals surface area (Å²) in [5.41, 5.74) is -0.902. The molecule has 0 radical (unpaired) electrons. The number of rotatable bonds is 7. The van der Waals surface area contributed by atoms with E-state index < -0.39 is 48.5 Å². The maximum atomic E-state index is 15.1. The molecule has 2 bridgehead atoms. The molecule has 0 aromatic heterocycles. The highest BCUT2D eigenvalue weighted by atomic mass is 19.1. The average Bonchev–Trinajstić information content (AvgIpc) is 3.57. The van der Waals surface area contributed by atoms with Crippen molar-refractivity contribution in [1.29, 1.82) is 0 Å². The zero-order valence-corrected chi connectivity index (χ0v) is 26.8. The number of carbonyl (C=O) groups is 2. The van der Waals surface area contributed by atoms with Gasteiger partial charge in [0.25, 0.3) is 0 Å². The van der Waals surface area contributed by atoms with E-state index in [9.17, 15) is 19.7 Å². The number of fused-ring (bicyclic) bond motifs is 1. The summed E-state index contributed by atoms with van der Waals surface area (Å²) in [5.74, 6) is -1.55. The summed E-state index contributed by atoms with van der Waals surface area (Å²) in [5, 5.41) is 22.2. The van der Waals surface area contributed by atoms with Crippen molar-refractivity contribution in [2.45, 2.75) is 104 Å². The van der Waals surface area contributed by atoms with Crippen LogP contribution in [0.15, 0.2) is 12.1 Å². The van der Waals surface area contributed by atoms with Gasteiger partial charge in [-0.25, -0.2) is 9.18 Å². The van der Waals surface area contributed by atoms with Crippen LogP contribution < -0.4 is 10.2 Å². The minimum absolute atomic E-state index is 0.0306.